The number of benzene rings is 3. The summed E-state index contributed by atoms with van der Waals surface area (Å²) in [6, 6.07) is 16.1. The predicted molar refractivity (Wildman–Crippen MR) is 131 cm³/mol. The molecule has 3 aromatic carbocycles. The molecule has 2 aliphatic rings. The van der Waals surface area contributed by atoms with Gasteiger partial charge in [0.1, 0.15) is 12.1 Å². The average molecular weight is 498 g/mol. The van der Waals surface area contributed by atoms with Crippen LogP contribution in [0.25, 0.3) is 10.8 Å². The van der Waals surface area contributed by atoms with Gasteiger partial charge in [-0.3, -0.25) is 9.59 Å². The summed E-state index contributed by atoms with van der Waals surface area (Å²) >= 11 is 6.01. The Morgan fingerprint density at radius 3 is 2.62 bits per heavy atom. The Morgan fingerprint density at radius 1 is 1.06 bits per heavy atom. The Bertz CT molecular complexity index is 1410. The van der Waals surface area contributed by atoms with Crippen molar-refractivity contribution >= 4 is 49.9 Å². The van der Waals surface area contributed by atoms with Crippen LogP contribution in [0.3, 0.4) is 0 Å². The molecule has 0 saturated carbocycles. The van der Waals surface area contributed by atoms with Crippen LogP contribution in [0.5, 0.6) is 0 Å². The highest BCUT2D eigenvalue weighted by molar-refractivity contribution is 7.89. The fraction of sp³-hybridized carbons (Fsp3) is 0.280. The normalized spacial score (nSPS) is 19.0. The van der Waals surface area contributed by atoms with Gasteiger partial charge in [-0.25, -0.2) is 8.42 Å². The molecule has 5 rings (SSSR count). The Hall–Kier alpha value is -2.94. The molecule has 1 fully saturated rings. The second-order valence-electron chi connectivity index (χ2n) is 8.69. The molecule has 176 valence electrons. The van der Waals surface area contributed by atoms with E-state index in [1.54, 1.807) is 42.2 Å². The number of halogens is 1. The van der Waals surface area contributed by atoms with Crippen molar-refractivity contribution in [3.63, 3.8) is 0 Å². The van der Waals surface area contributed by atoms with Gasteiger partial charge in [0, 0.05) is 23.8 Å². The van der Waals surface area contributed by atoms with Crippen LogP contribution in [0.1, 0.15) is 18.9 Å². The summed E-state index contributed by atoms with van der Waals surface area (Å²) in [5.41, 5.74) is 1.99. The minimum atomic E-state index is -3.93. The lowest BCUT2D eigenvalue weighted by molar-refractivity contribution is -0.136. The zero-order valence-corrected chi connectivity index (χ0v) is 20.1. The lowest BCUT2D eigenvalue weighted by Gasteiger charge is -2.28. The Kier molecular flexibility index (Phi) is 5.83. The summed E-state index contributed by atoms with van der Waals surface area (Å²) in [6.07, 6.45) is 1.08. The van der Waals surface area contributed by atoms with Crippen molar-refractivity contribution in [1.29, 1.82) is 0 Å². The minimum absolute atomic E-state index is 0.0753. The number of amides is 2. The van der Waals surface area contributed by atoms with E-state index in [-0.39, 0.29) is 16.7 Å². The summed E-state index contributed by atoms with van der Waals surface area (Å²) in [6.45, 7) is 2.59. The maximum atomic E-state index is 13.2. The van der Waals surface area contributed by atoms with E-state index in [4.69, 9.17) is 11.6 Å². The molecule has 3 aromatic rings. The zero-order chi connectivity index (χ0) is 24.0. The molecule has 2 atom stereocenters. The Labute approximate surface area is 203 Å². The van der Waals surface area contributed by atoms with Crippen molar-refractivity contribution in [2.45, 2.75) is 36.7 Å². The van der Waals surface area contributed by atoms with Crippen molar-refractivity contribution < 1.29 is 18.0 Å². The first kappa shape index (κ1) is 22.8. The molecule has 9 heteroatoms. The highest BCUT2D eigenvalue weighted by Crippen LogP contribution is 2.29. The van der Waals surface area contributed by atoms with Gasteiger partial charge in [-0.1, -0.05) is 41.9 Å². The van der Waals surface area contributed by atoms with E-state index in [1.165, 1.54) is 11.0 Å². The summed E-state index contributed by atoms with van der Waals surface area (Å²) in [5.74, 6) is -0.542. The molecule has 2 aliphatic heterocycles. The van der Waals surface area contributed by atoms with Crippen LogP contribution in [0.4, 0.5) is 5.69 Å². The third-order valence-electron chi connectivity index (χ3n) is 6.60. The molecular formula is C25H24ClN3O4S. The standard InChI is InChI=1S/C25H24ClN3O4S/c1-16(24(30)29-12-10-17-4-2-3-5-23(17)29)28-13-11-22(25(28)31)27-34(32,33)21-9-7-18-14-20(26)8-6-19(18)15-21/h2-9,14-16,22,27H,10-13H2,1H3. The molecule has 2 unspecified atom stereocenters. The molecule has 0 bridgehead atoms. The molecule has 0 radical (unpaired) electrons. The number of fused-ring (bicyclic) bond motifs is 2. The number of likely N-dealkylation sites (tertiary alicyclic amines) is 1. The van der Waals surface area contributed by atoms with E-state index in [9.17, 15) is 18.0 Å². The zero-order valence-electron chi connectivity index (χ0n) is 18.6. The first-order valence-corrected chi connectivity index (χ1v) is 13.0. The number of para-hydroxylation sites is 1. The fourth-order valence-corrected chi connectivity index (χ4v) is 6.18. The van der Waals surface area contributed by atoms with Crippen LogP contribution in [-0.4, -0.2) is 50.3 Å². The second-order valence-corrected chi connectivity index (χ2v) is 10.8. The van der Waals surface area contributed by atoms with Crippen LogP contribution in [0.15, 0.2) is 65.6 Å². The van der Waals surface area contributed by atoms with Gasteiger partial charge in [0.05, 0.1) is 4.90 Å². The molecule has 0 aliphatic carbocycles. The third kappa shape index (κ3) is 4.06. The maximum Gasteiger partial charge on any atom is 0.249 e. The van der Waals surface area contributed by atoms with Crippen LogP contribution in [0, 0.1) is 0 Å². The number of carbonyl (C=O) groups is 2. The first-order chi connectivity index (χ1) is 16.2. The third-order valence-corrected chi connectivity index (χ3v) is 8.30. The summed E-state index contributed by atoms with van der Waals surface area (Å²) < 4.78 is 28.6. The monoisotopic (exact) mass is 497 g/mol. The summed E-state index contributed by atoms with van der Waals surface area (Å²) in [7, 11) is -3.93. The van der Waals surface area contributed by atoms with Gasteiger partial charge in [0.15, 0.2) is 0 Å². The van der Waals surface area contributed by atoms with Gasteiger partial charge in [-0.2, -0.15) is 4.72 Å². The van der Waals surface area contributed by atoms with Gasteiger partial charge in [-0.05, 0) is 66.4 Å². The topological polar surface area (TPSA) is 86.8 Å². The van der Waals surface area contributed by atoms with Crippen molar-refractivity contribution in [3.8, 4) is 0 Å². The number of hydrogen-bond acceptors (Lipinski definition) is 4. The molecule has 1 N–H and O–H groups in total. The van der Waals surface area contributed by atoms with Crippen molar-refractivity contribution in [1.82, 2.24) is 9.62 Å². The van der Waals surface area contributed by atoms with E-state index in [0.29, 0.717) is 24.5 Å². The number of nitrogens with one attached hydrogen (secondary N) is 1. The SMILES string of the molecule is CC(C(=O)N1CCc2ccccc21)N1CCC(NS(=O)(=O)c2ccc3cc(Cl)ccc3c2)C1=O. The molecule has 2 amide bonds. The quantitative estimate of drug-likeness (QED) is 0.585. The minimum Gasteiger partial charge on any atom is -0.329 e. The van der Waals surface area contributed by atoms with E-state index < -0.39 is 22.1 Å². The van der Waals surface area contributed by atoms with Crippen LogP contribution in [-0.2, 0) is 26.0 Å². The molecule has 0 spiro atoms. The van der Waals surface area contributed by atoms with Gasteiger partial charge >= 0.3 is 0 Å². The van der Waals surface area contributed by atoms with Crippen LogP contribution in [0.2, 0.25) is 5.02 Å². The van der Waals surface area contributed by atoms with E-state index >= 15 is 0 Å². The van der Waals surface area contributed by atoms with Crippen molar-refractivity contribution in [2.75, 3.05) is 18.0 Å². The van der Waals surface area contributed by atoms with Crippen LogP contribution < -0.4 is 9.62 Å². The summed E-state index contributed by atoms with van der Waals surface area (Å²) in [4.78, 5) is 29.5. The molecular weight excluding hydrogens is 474 g/mol. The number of hydrogen-bond donors (Lipinski definition) is 1. The number of nitrogens with zero attached hydrogens (tertiary/aromatic N) is 2. The molecule has 0 aromatic heterocycles. The van der Waals surface area contributed by atoms with Gasteiger partial charge in [0.2, 0.25) is 21.8 Å². The molecule has 7 nitrogen and oxygen atoms in total. The lowest BCUT2D eigenvalue weighted by atomic mass is 10.1. The van der Waals surface area contributed by atoms with Gasteiger partial charge in [-0.15, -0.1) is 0 Å². The van der Waals surface area contributed by atoms with E-state index in [0.717, 1.165) is 28.4 Å². The predicted octanol–water partition coefficient (Wildman–Crippen LogP) is 3.35. The summed E-state index contributed by atoms with van der Waals surface area (Å²) in [5, 5.41) is 2.13. The largest absolute Gasteiger partial charge is 0.329 e. The number of carbonyl (C=O) groups excluding carboxylic acids is 2. The van der Waals surface area contributed by atoms with E-state index in [1.807, 2.05) is 24.3 Å². The Morgan fingerprint density at radius 2 is 1.79 bits per heavy atom. The number of rotatable bonds is 5. The molecule has 1 saturated heterocycles. The van der Waals surface area contributed by atoms with Crippen molar-refractivity contribution in [3.05, 3.63) is 71.2 Å². The number of sulfonamides is 1. The molecule has 34 heavy (non-hydrogen) atoms. The maximum absolute atomic E-state index is 13.2. The second kappa shape index (κ2) is 8.69. The highest BCUT2D eigenvalue weighted by Gasteiger charge is 2.41. The Balaban J connectivity index is 1.30. The smallest absolute Gasteiger partial charge is 0.249 e. The van der Waals surface area contributed by atoms with Crippen molar-refractivity contribution in [2.24, 2.45) is 0 Å². The van der Waals surface area contributed by atoms with Gasteiger partial charge in [0.25, 0.3) is 0 Å². The van der Waals surface area contributed by atoms with E-state index in [2.05, 4.69) is 4.72 Å². The molecule has 2 heterocycles. The fourth-order valence-electron chi connectivity index (χ4n) is 4.74. The lowest BCUT2D eigenvalue weighted by Crippen LogP contribution is -2.50. The first-order valence-electron chi connectivity index (χ1n) is 11.2. The van der Waals surface area contributed by atoms with Gasteiger partial charge < -0.3 is 9.80 Å². The highest BCUT2D eigenvalue weighted by atomic mass is 35.5. The average Bonchev–Trinajstić information content (AvgIpc) is 3.41. The van der Waals surface area contributed by atoms with Crippen LogP contribution >= 0.6 is 11.6 Å². The number of anilines is 1.